The molecule has 0 aliphatic carbocycles. The smallest absolute Gasteiger partial charge is 0.149 e. The normalized spacial score (nSPS) is 14.1. The van der Waals surface area contributed by atoms with Crippen LogP contribution in [0.3, 0.4) is 0 Å². The Morgan fingerprint density at radius 1 is 0.537 bits per heavy atom. The summed E-state index contributed by atoms with van der Waals surface area (Å²) in [4.78, 5) is 21.8. The number of hydrogen-bond donors (Lipinski definition) is 3. The van der Waals surface area contributed by atoms with Gasteiger partial charge in [0.15, 0.2) is 0 Å². The zero-order valence-corrected chi connectivity index (χ0v) is 41.1. The molecule has 350 valence electrons. The number of benzene rings is 3. The van der Waals surface area contributed by atoms with E-state index in [9.17, 15) is 21.6 Å². The second-order valence-corrected chi connectivity index (χ2v) is 22.2. The number of halogens is 4. The average molecular weight is 968 g/mol. The molecule has 0 saturated carbocycles. The second kappa shape index (κ2) is 21.6. The minimum absolute atomic E-state index is 0.202. The van der Waals surface area contributed by atoms with Crippen LogP contribution in [0.4, 0.5) is 13.2 Å². The lowest BCUT2D eigenvalue weighted by atomic mass is 10.0. The highest BCUT2D eigenvalue weighted by Gasteiger charge is 2.26. The van der Waals surface area contributed by atoms with E-state index >= 15 is 0 Å². The highest BCUT2D eigenvalue weighted by atomic mass is 35.5. The van der Waals surface area contributed by atoms with Gasteiger partial charge in [0.2, 0.25) is 0 Å². The third-order valence-corrected chi connectivity index (χ3v) is 14.0. The monoisotopic (exact) mass is 966 g/mol. The van der Waals surface area contributed by atoms with E-state index in [-0.39, 0.29) is 45.2 Å². The maximum absolute atomic E-state index is 14.2. The van der Waals surface area contributed by atoms with E-state index in [1.54, 1.807) is 42.7 Å². The molecule has 4 N–H and O–H groups in total. The van der Waals surface area contributed by atoms with E-state index in [0.29, 0.717) is 50.1 Å². The predicted octanol–water partition coefficient (Wildman–Crippen LogP) is 12.1. The van der Waals surface area contributed by atoms with Crippen molar-refractivity contribution >= 4 is 66.3 Å². The molecule has 5 aromatic heterocycles. The summed E-state index contributed by atoms with van der Waals surface area (Å²) in [7, 11) is -2.47. The lowest BCUT2D eigenvalue weighted by Gasteiger charge is -2.23. The Morgan fingerprint density at radius 3 is 1.30 bits per heavy atom. The third kappa shape index (κ3) is 12.5. The minimum atomic E-state index is -1.24. The topological polar surface area (TPSA) is 149 Å². The van der Waals surface area contributed by atoms with Gasteiger partial charge in [0.1, 0.15) is 39.2 Å². The van der Waals surface area contributed by atoms with Crippen LogP contribution in [-0.2, 0) is 22.0 Å². The highest BCUT2D eigenvalue weighted by molar-refractivity contribution is 7.84. The summed E-state index contributed by atoms with van der Waals surface area (Å²) in [6.45, 7) is 17.1. The lowest BCUT2D eigenvalue weighted by Crippen LogP contribution is -2.35. The molecule has 16 heteroatoms. The van der Waals surface area contributed by atoms with Crippen molar-refractivity contribution in [3.8, 4) is 22.8 Å². The summed E-state index contributed by atoms with van der Waals surface area (Å²) in [5.74, 6) is -1.11. The average Bonchev–Trinajstić information content (AvgIpc) is 3.29. The molecule has 5 heterocycles. The van der Waals surface area contributed by atoms with Gasteiger partial charge in [-0.25, -0.2) is 46.0 Å². The molecule has 0 spiro atoms. The largest absolute Gasteiger partial charge is 0.324 e. The fourth-order valence-electron chi connectivity index (χ4n) is 6.71. The number of rotatable bonds is 9. The standard InChI is InChI=1S/C20H22FN3OS.C16H14FN3.C15H18ClFN2OS/c1-13(24-26(25)20(2,3)4)15-12-14-8-7-9-16(21)18(14)23-19(15)17-10-5-6-11-22-17;1-10(18)12-9-11-5-4-6-13(17)15(11)20-16(12)14-7-2-3-8-19-14;1-9(19-21(20)15(2,3)4)11-8-10-6-5-7-12(17)13(10)18-14(11)16/h5-13,24H,1-4H3;2-10H,18H2,1H3;5-9,19H,1-4H3/t13-,26?;10-;9-,21?/m000/s1. The van der Waals surface area contributed by atoms with Gasteiger partial charge in [0, 0.05) is 52.2 Å². The van der Waals surface area contributed by atoms with Crippen LogP contribution in [0.25, 0.3) is 55.5 Å². The van der Waals surface area contributed by atoms with Gasteiger partial charge in [0.25, 0.3) is 0 Å². The van der Waals surface area contributed by atoms with Gasteiger partial charge >= 0.3 is 0 Å². The number of pyridine rings is 5. The van der Waals surface area contributed by atoms with Gasteiger partial charge in [-0.15, -0.1) is 0 Å². The Bertz CT molecular complexity index is 3060. The Morgan fingerprint density at radius 2 is 0.910 bits per heavy atom. The molecule has 0 aliphatic rings. The van der Waals surface area contributed by atoms with Crippen molar-refractivity contribution in [2.75, 3.05) is 0 Å². The molecule has 8 aromatic rings. The molecule has 10 nitrogen and oxygen atoms in total. The molecular formula is C51H54ClF3N8O2S2. The quantitative estimate of drug-likeness (QED) is 0.121. The third-order valence-electron chi connectivity index (χ3n) is 10.3. The van der Waals surface area contributed by atoms with Crippen molar-refractivity contribution in [1.82, 2.24) is 34.4 Å². The number of para-hydroxylation sites is 3. The molecule has 0 bridgehead atoms. The summed E-state index contributed by atoms with van der Waals surface area (Å²) in [5.41, 5.74) is 11.9. The molecule has 0 fully saturated rings. The van der Waals surface area contributed by atoms with Crippen LogP contribution in [0.5, 0.6) is 0 Å². The molecule has 0 amide bonds. The van der Waals surface area contributed by atoms with E-state index in [1.165, 1.54) is 18.2 Å². The zero-order chi connectivity index (χ0) is 48.8. The van der Waals surface area contributed by atoms with E-state index in [0.717, 1.165) is 16.5 Å². The molecule has 2 unspecified atom stereocenters. The van der Waals surface area contributed by atoms with Crippen LogP contribution in [0, 0.1) is 17.5 Å². The van der Waals surface area contributed by atoms with Crippen LogP contribution in [0.15, 0.2) is 122 Å². The fraction of sp³-hybridized carbons (Fsp3) is 0.275. The molecule has 0 radical (unpaired) electrons. The van der Waals surface area contributed by atoms with Crippen LogP contribution < -0.4 is 15.2 Å². The summed E-state index contributed by atoms with van der Waals surface area (Å²) in [5, 5.41) is 2.34. The number of nitrogens with two attached hydrogens (primary N) is 1. The van der Waals surface area contributed by atoms with Crippen molar-refractivity contribution in [3.63, 3.8) is 0 Å². The van der Waals surface area contributed by atoms with E-state index < -0.39 is 32.5 Å². The van der Waals surface area contributed by atoms with Crippen molar-refractivity contribution in [2.24, 2.45) is 5.73 Å². The van der Waals surface area contributed by atoms with Crippen LogP contribution >= 0.6 is 11.6 Å². The summed E-state index contributed by atoms with van der Waals surface area (Å²) in [6.07, 6.45) is 3.37. The summed E-state index contributed by atoms with van der Waals surface area (Å²) in [6, 6.07) is 30.5. The van der Waals surface area contributed by atoms with Gasteiger partial charge in [-0.3, -0.25) is 9.97 Å². The predicted molar refractivity (Wildman–Crippen MR) is 268 cm³/mol. The SMILES string of the molecule is C[C@H](N)c1cc2cccc(F)c2nc1-c1ccccn1.C[C@H](NS(=O)C(C)(C)C)c1cc2cccc(F)c2nc1-c1ccccn1.C[C@H](NS(=O)C(C)(C)C)c1cc2cccc(F)c2nc1Cl. The highest BCUT2D eigenvalue weighted by Crippen LogP contribution is 2.32. The molecule has 3 aromatic carbocycles. The second-order valence-electron chi connectivity index (χ2n) is 17.8. The molecular weight excluding hydrogens is 913 g/mol. The molecule has 67 heavy (non-hydrogen) atoms. The number of nitrogens with zero attached hydrogens (tertiary/aromatic N) is 5. The van der Waals surface area contributed by atoms with Crippen LogP contribution in [-0.4, -0.2) is 42.8 Å². The first-order valence-corrected chi connectivity index (χ1v) is 24.2. The van der Waals surface area contributed by atoms with Gasteiger partial charge < -0.3 is 5.73 Å². The number of nitrogens with one attached hydrogen (secondary N) is 2. The maximum Gasteiger partial charge on any atom is 0.149 e. The lowest BCUT2D eigenvalue weighted by molar-refractivity contribution is 0.615. The first-order chi connectivity index (χ1) is 31.6. The maximum atomic E-state index is 14.2. The summed E-state index contributed by atoms with van der Waals surface area (Å²) >= 11 is 6.15. The number of hydrogen-bond acceptors (Lipinski definition) is 8. The number of aromatic nitrogens is 5. The van der Waals surface area contributed by atoms with E-state index in [1.807, 2.05) is 123 Å². The zero-order valence-electron chi connectivity index (χ0n) is 38.7. The van der Waals surface area contributed by atoms with Crippen molar-refractivity contribution in [3.05, 3.63) is 161 Å². The summed E-state index contributed by atoms with van der Waals surface area (Å²) < 4.78 is 71.9. The van der Waals surface area contributed by atoms with Crippen LogP contribution in [0.1, 0.15) is 97.1 Å². The number of fused-ring (bicyclic) bond motifs is 3. The molecule has 0 saturated heterocycles. The minimum Gasteiger partial charge on any atom is -0.324 e. The van der Waals surface area contributed by atoms with Gasteiger partial charge in [-0.1, -0.05) is 60.1 Å². The van der Waals surface area contributed by atoms with Gasteiger partial charge in [-0.05, 0) is 134 Å². The first kappa shape index (κ1) is 50.9. The fourth-order valence-corrected chi connectivity index (χ4v) is 8.62. The van der Waals surface area contributed by atoms with Gasteiger partial charge in [-0.2, -0.15) is 0 Å². The van der Waals surface area contributed by atoms with E-state index in [2.05, 4.69) is 34.4 Å². The Balaban J connectivity index is 0.000000168. The molecule has 8 rings (SSSR count). The first-order valence-electron chi connectivity index (χ1n) is 21.5. The van der Waals surface area contributed by atoms with Crippen LogP contribution in [0.2, 0.25) is 5.15 Å². The molecule has 0 aliphatic heterocycles. The Kier molecular flexibility index (Phi) is 16.4. The van der Waals surface area contributed by atoms with Crippen molar-refractivity contribution in [1.29, 1.82) is 0 Å². The Hall–Kier alpha value is -5.55. The Labute approximate surface area is 399 Å². The molecule has 5 atom stereocenters. The van der Waals surface area contributed by atoms with Gasteiger partial charge in [0.05, 0.1) is 54.2 Å². The van der Waals surface area contributed by atoms with Crippen molar-refractivity contribution in [2.45, 2.75) is 89.9 Å². The van der Waals surface area contributed by atoms with E-state index in [4.69, 9.17) is 17.3 Å². The van der Waals surface area contributed by atoms with Crippen molar-refractivity contribution < 1.29 is 21.6 Å².